The van der Waals surface area contributed by atoms with Crippen molar-refractivity contribution in [3.63, 3.8) is 0 Å². The highest BCUT2D eigenvalue weighted by Gasteiger charge is 2.16. The van der Waals surface area contributed by atoms with Crippen LogP contribution < -0.4 is 10.1 Å². The van der Waals surface area contributed by atoms with Crippen LogP contribution in [0.1, 0.15) is 24.3 Å². The second-order valence-electron chi connectivity index (χ2n) is 6.28. The van der Waals surface area contributed by atoms with Gasteiger partial charge in [0.2, 0.25) is 0 Å². The van der Waals surface area contributed by atoms with Gasteiger partial charge in [0.15, 0.2) is 0 Å². The number of hydrogen-bond donors (Lipinski definition) is 1. The molecule has 6 heteroatoms. The number of para-hydroxylation sites is 1. The van der Waals surface area contributed by atoms with Crippen molar-refractivity contribution in [2.45, 2.75) is 20.4 Å². The lowest BCUT2D eigenvalue weighted by molar-refractivity contribution is 0.102. The molecule has 4 aromatic rings. The van der Waals surface area contributed by atoms with E-state index in [1.165, 1.54) is 22.2 Å². The fraction of sp³-hybridized carbons (Fsp3) is 0.182. The highest BCUT2D eigenvalue weighted by Crippen LogP contribution is 2.30. The van der Waals surface area contributed by atoms with E-state index < -0.39 is 0 Å². The summed E-state index contributed by atoms with van der Waals surface area (Å²) in [6.45, 7) is 5.51. The predicted octanol–water partition coefficient (Wildman–Crippen LogP) is 5.44. The molecule has 0 radical (unpaired) electrons. The second kappa shape index (κ2) is 7.86. The number of aryl methyl sites for hydroxylation is 1. The molecule has 0 aliphatic carbocycles. The Hall–Kier alpha value is -3.12. The van der Waals surface area contributed by atoms with Crippen LogP contribution in [0.3, 0.4) is 0 Å². The smallest absolute Gasteiger partial charge is 0.275 e. The molecular weight excluding hydrogens is 370 g/mol. The summed E-state index contributed by atoms with van der Waals surface area (Å²) < 4.78 is 7.65. The van der Waals surface area contributed by atoms with Gasteiger partial charge in [0.1, 0.15) is 16.5 Å². The molecule has 2 aromatic heterocycles. The number of fused-ring (bicyclic) bond motifs is 1. The third kappa shape index (κ3) is 3.51. The third-order valence-electron chi connectivity index (χ3n) is 4.51. The highest BCUT2D eigenvalue weighted by atomic mass is 32.1. The van der Waals surface area contributed by atoms with Crippen molar-refractivity contribution in [1.82, 2.24) is 9.55 Å². The minimum atomic E-state index is -0.217. The molecule has 142 valence electrons. The number of hydrogen-bond acceptors (Lipinski definition) is 4. The minimum absolute atomic E-state index is 0.217. The van der Waals surface area contributed by atoms with Crippen molar-refractivity contribution in [2.75, 3.05) is 11.9 Å². The summed E-state index contributed by atoms with van der Waals surface area (Å²) in [4.78, 5) is 17.2. The van der Waals surface area contributed by atoms with Gasteiger partial charge in [-0.25, -0.2) is 4.98 Å². The fourth-order valence-electron chi connectivity index (χ4n) is 3.22. The van der Waals surface area contributed by atoms with E-state index in [1.54, 1.807) is 5.38 Å². The van der Waals surface area contributed by atoms with Crippen LogP contribution in [-0.2, 0) is 6.54 Å². The van der Waals surface area contributed by atoms with Gasteiger partial charge in [-0.2, -0.15) is 0 Å². The number of rotatable bonds is 6. The van der Waals surface area contributed by atoms with Crippen molar-refractivity contribution < 1.29 is 9.53 Å². The van der Waals surface area contributed by atoms with E-state index in [9.17, 15) is 4.79 Å². The Morgan fingerprint density at radius 3 is 2.68 bits per heavy atom. The summed E-state index contributed by atoms with van der Waals surface area (Å²) >= 11 is 1.48. The molecule has 0 saturated heterocycles. The molecule has 0 aliphatic heterocycles. The lowest BCUT2D eigenvalue weighted by atomic mass is 10.2. The molecule has 5 nitrogen and oxygen atoms in total. The molecule has 0 atom stereocenters. The number of amides is 1. The van der Waals surface area contributed by atoms with Crippen molar-refractivity contribution in [2.24, 2.45) is 0 Å². The lowest BCUT2D eigenvalue weighted by Gasteiger charge is -2.06. The first-order valence-corrected chi connectivity index (χ1v) is 10.2. The molecule has 0 spiro atoms. The summed E-state index contributed by atoms with van der Waals surface area (Å²) in [5.74, 6) is 0.564. The summed E-state index contributed by atoms with van der Waals surface area (Å²) in [7, 11) is 0. The maximum Gasteiger partial charge on any atom is 0.275 e. The second-order valence-corrected chi connectivity index (χ2v) is 7.14. The highest BCUT2D eigenvalue weighted by molar-refractivity contribution is 7.13. The minimum Gasteiger partial charge on any atom is -0.494 e. The van der Waals surface area contributed by atoms with Crippen LogP contribution in [0.5, 0.6) is 5.75 Å². The first-order chi connectivity index (χ1) is 13.7. The number of aromatic nitrogens is 2. The monoisotopic (exact) mass is 391 g/mol. The summed E-state index contributed by atoms with van der Waals surface area (Å²) in [5, 5.41) is 6.71. The molecule has 28 heavy (non-hydrogen) atoms. The van der Waals surface area contributed by atoms with E-state index in [0.29, 0.717) is 18.0 Å². The molecule has 0 bridgehead atoms. The quantitative estimate of drug-likeness (QED) is 0.476. The molecule has 0 unspecified atom stereocenters. The predicted molar refractivity (Wildman–Crippen MR) is 114 cm³/mol. The largest absolute Gasteiger partial charge is 0.494 e. The van der Waals surface area contributed by atoms with Crippen LogP contribution >= 0.6 is 11.3 Å². The van der Waals surface area contributed by atoms with Gasteiger partial charge in [0.25, 0.3) is 5.91 Å². The summed E-state index contributed by atoms with van der Waals surface area (Å²) in [6, 6.07) is 17.7. The number of nitrogens with one attached hydrogen (secondary N) is 1. The Labute approximate surface area is 167 Å². The maximum atomic E-state index is 12.6. The molecular formula is C22H21N3O2S. The first-order valence-electron chi connectivity index (χ1n) is 9.28. The molecule has 1 amide bonds. The van der Waals surface area contributed by atoms with Gasteiger partial charge in [-0.15, -0.1) is 11.3 Å². The molecule has 0 fully saturated rings. The van der Waals surface area contributed by atoms with Crippen molar-refractivity contribution in [3.8, 4) is 16.5 Å². The number of ether oxygens (including phenoxy) is 1. The van der Waals surface area contributed by atoms with Gasteiger partial charge in [-0.05, 0) is 50.2 Å². The third-order valence-corrected chi connectivity index (χ3v) is 5.37. The Balaban J connectivity index is 1.56. The summed E-state index contributed by atoms with van der Waals surface area (Å²) in [5.41, 5.74) is 3.34. The normalized spacial score (nSPS) is 10.9. The molecule has 0 saturated carbocycles. The van der Waals surface area contributed by atoms with Crippen molar-refractivity contribution in [3.05, 3.63) is 65.7 Å². The number of carbonyl (C=O) groups is 1. The van der Waals surface area contributed by atoms with Crippen molar-refractivity contribution >= 4 is 33.8 Å². The van der Waals surface area contributed by atoms with Gasteiger partial charge in [0.05, 0.1) is 12.3 Å². The molecule has 4 rings (SSSR count). The van der Waals surface area contributed by atoms with Gasteiger partial charge in [-0.1, -0.05) is 18.2 Å². The average Bonchev–Trinajstić information content (AvgIpc) is 3.34. The van der Waals surface area contributed by atoms with Crippen LogP contribution in [-0.4, -0.2) is 22.1 Å². The van der Waals surface area contributed by atoms with Crippen LogP contribution in [0, 0.1) is 0 Å². The topological polar surface area (TPSA) is 56.1 Å². The fourth-order valence-corrected chi connectivity index (χ4v) is 4.04. The molecule has 1 N–H and O–H groups in total. The Morgan fingerprint density at radius 2 is 1.93 bits per heavy atom. The summed E-state index contributed by atoms with van der Waals surface area (Å²) in [6.07, 6.45) is 0. The number of thiazole rings is 1. The molecule has 0 aliphatic rings. The maximum absolute atomic E-state index is 12.6. The van der Waals surface area contributed by atoms with Crippen LogP contribution in [0.15, 0.2) is 60.0 Å². The Morgan fingerprint density at radius 1 is 1.14 bits per heavy atom. The van der Waals surface area contributed by atoms with Crippen LogP contribution in [0.2, 0.25) is 0 Å². The zero-order chi connectivity index (χ0) is 19.5. The van der Waals surface area contributed by atoms with Crippen LogP contribution in [0.25, 0.3) is 21.6 Å². The zero-order valence-corrected chi connectivity index (χ0v) is 16.6. The van der Waals surface area contributed by atoms with Crippen LogP contribution in [0.4, 0.5) is 5.69 Å². The van der Waals surface area contributed by atoms with Gasteiger partial charge >= 0.3 is 0 Å². The van der Waals surface area contributed by atoms with E-state index >= 15 is 0 Å². The SMILES string of the molecule is CCOc1ccc(NC(=O)c2csc(-c3cc4ccccc4n3CC)n2)cc1. The Kier molecular flexibility index (Phi) is 5.12. The number of carbonyl (C=O) groups excluding carboxylic acids is 1. The number of nitrogens with zero attached hydrogens (tertiary/aromatic N) is 2. The molecule has 2 heterocycles. The lowest BCUT2D eigenvalue weighted by Crippen LogP contribution is -2.12. The van der Waals surface area contributed by atoms with E-state index in [2.05, 4.69) is 40.0 Å². The van der Waals surface area contributed by atoms with Crippen molar-refractivity contribution in [1.29, 1.82) is 0 Å². The van der Waals surface area contributed by atoms with Gasteiger partial charge < -0.3 is 14.6 Å². The standard InChI is InChI=1S/C22H21N3O2S/c1-3-25-19-8-6-5-7-15(19)13-20(25)22-24-18(14-28-22)21(26)23-16-9-11-17(12-10-16)27-4-2/h5-14H,3-4H2,1-2H3,(H,23,26). The zero-order valence-electron chi connectivity index (χ0n) is 15.8. The van der Waals surface area contributed by atoms with Gasteiger partial charge in [0, 0.05) is 28.5 Å². The molecule has 2 aromatic carbocycles. The Bertz CT molecular complexity index is 1110. The number of benzene rings is 2. The first kappa shape index (κ1) is 18.3. The van der Waals surface area contributed by atoms with E-state index in [0.717, 1.165) is 23.0 Å². The van der Waals surface area contributed by atoms with Gasteiger partial charge in [-0.3, -0.25) is 4.79 Å². The van der Waals surface area contributed by atoms with E-state index in [-0.39, 0.29) is 5.91 Å². The average molecular weight is 391 g/mol. The number of anilines is 1. The van der Waals surface area contributed by atoms with E-state index in [1.807, 2.05) is 43.3 Å². The van der Waals surface area contributed by atoms with E-state index in [4.69, 9.17) is 4.74 Å².